The molecule has 0 aliphatic rings. The molecule has 0 unspecified atom stereocenters. The fourth-order valence-electron chi connectivity index (χ4n) is 2.69. The van der Waals surface area contributed by atoms with Crippen molar-refractivity contribution in [2.75, 3.05) is 11.5 Å². The van der Waals surface area contributed by atoms with Crippen LogP contribution in [0.3, 0.4) is 0 Å². The number of hydrogen-bond donors (Lipinski definition) is 0. The van der Waals surface area contributed by atoms with Crippen LogP contribution in [0.4, 0.5) is 0 Å². The number of benzene rings is 2. The zero-order valence-electron chi connectivity index (χ0n) is 13.7. The van der Waals surface area contributed by atoms with E-state index in [4.69, 9.17) is 0 Å². The molecule has 0 atom stereocenters. The summed E-state index contributed by atoms with van der Waals surface area (Å²) in [5.74, 6) is 0.649. The minimum absolute atomic E-state index is 0.325. The maximum atomic E-state index is 12.1. The van der Waals surface area contributed by atoms with E-state index >= 15 is 0 Å². The van der Waals surface area contributed by atoms with Crippen molar-refractivity contribution in [3.05, 3.63) is 71.8 Å². The fraction of sp³-hybridized carbons (Fsp3) is 0.400. The molecule has 0 aliphatic carbocycles. The van der Waals surface area contributed by atoms with Gasteiger partial charge in [0.15, 0.2) is 0 Å². The third kappa shape index (κ3) is 7.47. The second-order valence-corrected chi connectivity index (χ2v) is 8.34. The Labute approximate surface area is 140 Å². The van der Waals surface area contributed by atoms with Crippen molar-refractivity contribution in [2.45, 2.75) is 38.5 Å². The Bertz CT molecular complexity index is 595. The van der Waals surface area contributed by atoms with Crippen LogP contribution in [0.1, 0.15) is 36.8 Å². The lowest BCUT2D eigenvalue weighted by atomic mass is 10.1. The smallest absolute Gasteiger partial charge is 0.150 e. The summed E-state index contributed by atoms with van der Waals surface area (Å²) >= 11 is 0. The summed E-state index contributed by atoms with van der Waals surface area (Å²) < 4.78 is 24.1. The summed E-state index contributed by atoms with van der Waals surface area (Å²) in [5.41, 5.74) is 2.57. The third-order valence-electron chi connectivity index (χ3n) is 4.03. The molecule has 3 heteroatoms. The average molecular weight is 330 g/mol. The van der Waals surface area contributed by atoms with E-state index in [1.165, 1.54) is 11.1 Å². The molecule has 2 aromatic carbocycles. The van der Waals surface area contributed by atoms with Crippen molar-refractivity contribution in [3.63, 3.8) is 0 Å². The Morgan fingerprint density at radius 3 is 1.35 bits per heavy atom. The Morgan fingerprint density at radius 1 is 0.565 bits per heavy atom. The SMILES string of the molecule is O=S(=O)(CCCCc1ccccc1)CCCCc1ccccc1. The number of rotatable bonds is 10. The number of unbranched alkanes of at least 4 members (excludes halogenated alkanes) is 2. The van der Waals surface area contributed by atoms with Crippen molar-refractivity contribution >= 4 is 9.84 Å². The lowest BCUT2D eigenvalue weighted by Gasteiger charge is -2.05. The molecule has 0 fully saturated rings. The zero-order chi connectivity index (χ0) is 16.4. The Hall–Kier alpha value is -1.61. The molecule has 0 saturated carbocycles. The van der Waals surface area contributed by atoms with Crippen molar-refractivity contribution in [2.24, 2.45) is 0 Å². The van der Waals surface area contributed by atoms with Crippen molar-refractivity contribution in [3.8, 4) is 0 Å². The molecule has 0 radical (unpaired) electrons. The van der Waals surface area contributed by atoms with E-state index in [-0.39, 0.29) is 0 Å². The van der Waals surface area contributed by atoms with Crippen LogP contribution in [0.2, 0.25) is 0 Å². The molecule has 0 aromatic heterocycles. The summed E-state index contributed by atoms with van der Waals surface area (Å²) in [6.07, 6.45) is 5.32. The summed E-state index contributed by atoms with van der Waals surface area (Å²) in [6, 6.07) is 20.5. The molecule has 0 heterocycles. The minimum atomic E-state index is -2.89. The molecule has 0 amide bonds. The topological polar surface area (TPSA) is 34.1 Å². The van der Waals surface area contributed by atoms with Gasteiger partial charge in [-0.3, -0.25) is 0 Å². The van der Waals surface area contributed by atoms with Gasteiger partial charge in [-0.2, -0.15) is 0 Å². The van der Waals surface area contributed by atoms with E-state index < -0.39 is 9.84 Å². The summed E-state index contributed by atoms with van der Waals surface area (Å²) in [4.78, 5) is 0. The number of hydrogen-bond acceptors (Lipinski definition) is 2. The zero-order valence-corrected chi connectivity index (χ0v) is 14.5. The van der Waals surface area contributed by atoms with E-state index in [9.17, 15) is 8.42 Å². The maximum absolute atomic E-state index is 12.1. The molecule has 2 rings (SSSR count). The monoisotopic (exact) mass is 330 g/mol. The maximum Gasteiger partial charge on any atom is 0.150 e. The van der Waals surface area contributed by atoms with Gasteiger partial charge in [0.05, 0.1) is 11.5 Å². The summed E-state index contributed by atoms with van der Waals surface area (Å²) in [5, 5.41) is 0. The fourth-order valence-corrected chi connectivity index (χ4v) is 4.19. The molecule has 0 saturated heterocycles. The first-order chi connectivity index (χ1) is 11.2. The van der Waals surface area contributed by atoms with Gasteiger partial charge in [0.25, 0.3) is 0 Å². The van der Waals surface area contributed by atoms with Crippen molar-refractivity contribution in [1.82, 2.24) is 0 Å². The van der Waals surface area contributed by atoms with Crippen LogP contribution in [-0.4, -0.2) is 19.9 Å². The standard InChI is InChI=1S/C20H26O2S/c21-23(22,17-9-7-15-19-11-3-1-4-12-19)18-10-8-16-20-13-5-2-6-14-20/h1-6,11-14H,7-10,15-18H2. The van der Waals surface area contributed by atoms with Gasteiger partial charge in [-0.25, -0.2) is 8.42 Å². The highest BCUT2D eigenvalue weighted by Gasteiger charge is 2.10. The van der Waals surface area contributed by atoms with E-state index in [1.54, 1.807) is 0 Å². The lowest BCUT2D eigenvalue weighted by molar-refractivity contribution is 0.587. The Morgan fingerprint density at radius 2 is 0.957 bits per heavy atom. The van der Waals surface area contributed by atoms with Gasteiger partial charge in [0.2, 0.25) is 0 Å². The number of aryl methyl sites for hydroxylation is 2. The Balaban J connectivity index is 1.59. The third-order valence-corrected chi connectivity index (χ3v) is 5.85. The summed E-state index contributed by atoms with van der Waals surface area (Å²) in [7, 11) is -2.89. The van der Waals surface area contributed by atoms with Crippen LogP contribution in [0.25, 0.3) is 0 Å². The van der Waals surface area contributed by atoms with Gasteiger partial charge in [0.1, 0.15) is 9.84 Å². The highest BCUT2D eigenvalue weighted by atomic mass is 32.2. The van der Waals surface area contributed by atoms with Crippen LogP contribution in [0.5, 0.6) is 0 Å². The van der Waals surface area contributed by atoms with E-state index in [1.807, 2.05) is 36.4 Å². The van der Waals surface area contributed by atoms with Gasteiger partial charge >= 0.3 is 0 Å². The van der Waals surface area contributed by atoms with E-state index in [0.29, 0.717) is 11.5 Å². The highest BCUT2D eigenvalue weighted by molar-refractivity contribution is 7.91. The van der Waals surface area contributed by atoms with Crippen LogP contribution in [0.15, 0.2) is 60.7 Å². The molecular formula is C20H26O2S. The molecule has 124 valence electrons. The van der Waals surface area contributed by atoms with Crippen LogP contribution in [-0.2, 0) is 22.7 Å². The molecular weight excluding hydrogens is 304 g/mol. The number of sulfone groups is 1. The van der Waals surface area contributed by atoms with Gasteiger partial charge in [-0.05, 0) is 49.7 Å². The first-order valence-corrected chi connectivity index (χ1v) is 10.3. The summed E-state index contributed by atoms with van der Waals surface area (Å²) in [6.45, 7) is 0. The van der Waals surface area contributed by atoms with E-state index in [0.717, 1.165) is 38.5 Å². The second kappa shape index (κ2) is 9.51. The quantitative estimate of drug-likeness (QED) is 0.603. The molecule has 2 nitrogen and oxygen atoms in total. The highest BCUT2D eigenvalue weighted by Crippen LogP contribution is 2.09. The minimum Gasteiger partial charge on any atom is -0.229 e. The normalized spacial score (nSPS) is 11.5. The average Bonchev–Trinajstić information content (AvgIpc) is 2.58. The molecule has 0 aliphatic heterocycles. The first kappa shape index (κ1) is 17.7. The van der Waals surface area contributed by atoms with Gasteiger partial charge < -0.3 is 0 Å². The molecule has 0 N–H and O–H groups in total. The van der Waals surface area contributed by atoms with Crippen LogP contribution >= 0.6 is 0 Å². The van der Waals surface area contributed by atoms with E-state index in [2.05, 4.69) is 24.3 Å². The van der Waals surface area contributed by atoms with Gasteiger partial charge in [-0.15, -0.1) is 0 Å². The van der Waals surface area contributed by atoms with Gasteiger partial charge in [0, 0.05) is 0 Å². The molecule has 0 spiro atoms. The Kier molecular flexibility index (Phi) is 7.34. The van der Waals surface area contributed by atoms with Crippen molar-refractivity contribution in [1.29, 1.82) is 0 Å². The second-order valence-electron chi connectivity index (χ2n) is 6.04. The molecule has 23 heavy (non-hydrogen) atoms. The van der Waals surface area contributed by atoms with Crippen LogP contribution < -0.4 is 0 Å². The van der Waals surface area contributed by atoms with Crippen molar-refractivity contribution < 1.29 is 8.42 Å². The predicted molar refractivity (Wildman–Crippen MR) is 97.4 cm³/mol. The predicted octanol–water partition coefficient (Wildman–Crippen LogP) is 4.45. The lowest BCUT2D eigenvalue weighted by Crippen LogP contribution is -2.11. The van der Waals surface area contributed by atoms with Crippen LogP contribution in [0, 0.1) is 0 Å². The largest absolute Gasteiger partial charge is 0.229 e. The van der Waals surface area contributed by atoms with Gasteiger partial charge in [-0.1, -0.05) is 60.7 Å². The first-order valence-electron chi connectivity index (χ1n) is 8.44. The molecule has 2 aromatic rings. The molecule has 0 bridgehead atoms.